The van der Waals surface area contributed by atoms with E-state index in [1.54, 1.807) is 24.3 Å². The summed E-state index contributed by atoms with van der Waals surface area (Å²) in [5, 5.41) is 0. The normalized spacial score (nSPS) is 15.0. The van der Waals surface area contributed by atoms with Crippen LogP contribution in [-0.2, 0) is 16.6 Å². The molecule has 1 fully saturated rings. The molecule has 1 aliphatic heterocycles. The van der Waals surface area contributed by atoms with Crippen molar-refractivity contribution in [2.24, 2.45) is 0 Å². The number of aromatic amines is 2. The molecule has 0 aliphatic carbocycles. The minimum Gasteiger partial charge on any atom is -0.369 e. The van der Waals surface area contributed by atoms with E-state index in [1.807, 2.05) is 19.1 Å². The largest absolute Gasteiger partial charge is 0.369 e. The third-order valence-corrected chi connectivity index (χ3v) is 8.45. The lowest BCUT2D eigenvalue weighted by Crippen LogP contribution is -2.48. The first kappa shape index (κ1) is 24.0. The molecule has 2 aromatic carbocycles. The van der Waals surface area contributed by atoms with Gasteiger partial charge in [-0.2, -0.15) is 4.31 Å². The Kier molecular flexibility index (Phi) is 6.27. The molecule has 36 heavy (non-hydrogen) atoms. The summed E-state index contributed by atoms with van der Waals surface area (Å²) in [5.74, 6) is 0.378. The highest BCUT2D eigenvalue weighted by atomic mass is 32.2. The van der Waals surface area contributed by atoms with Crippen molar-refractivity contribution in [1.29, 1.82) is 0 Å². The molecule has 188 valence electrons. The molecule has 0 amide bonds. The van der Waals surface area contributed by atoms with Crippen LogP contribution in [0.25, 0.3) is 22.6 Å². The molecular formula is C25H28N6O4S. The Labute approximate surface area is 208 Å². The number of nitrogens with one attached hydrogen (secondary N) is 2. The van der Waals surface area contributed by atoms with E-state index >= 15 is 0 Å². The minimum atomic E-state index is -3.65. The van der Waals surface area contributed by atoms with Crippen LogP contribution >= 0.6 is 0 Å². The number of imidazole rings is 1. The fourth-order valence-corrected chi connectivity index (χ4v) is 6.02. The van der Waals surface area contributed by atoms with Crippen LogP contribution in [-0.4, -0.2) is 58.4 Å². The van der Waals surface area contributed by atoms with Crippen molar-refractivity contribution in [3.05, 3.63) is 74.9 Å². The Hall–Kier alpha value is -3.70. The van der Waals surface area contributed by atoms with Crippen molar-refractivity contribution >= 4 is 26.9 Å². The number of sulfonamides is 1. The number of para-hydroxylation sites is 1. The third kappa shape index (κ3) is 4.24. The van der Waals surface area contributed by atoms with E-state index < -0.39 is 21.3 Å². The molecule has 2 aromatic heterocycles. The zero-order valence-corrected chi connectivity index (χ0v) is 21.0. The third-order valence-electron chi connectivity index (χ3n) is 6.54. The van der Waals surface area contributed by atoms with E-state index in [0.717, 1.165) is 10.3 Å². The molecule has 11 heteroatoms. The van der Waals surface area contributed by atoms with Crippen LogP contribution in [0.3, 0.4) is 0 Å². The smallest absolute Gasteiger partial charge is 0.330 e. The van der Waals surface area contributed by atoms with Gasteiger partial charge in [-0.05, 0) is 49.2 Å². The molecule has 1 aliphatic rings. The number of rotatable bonds is 6. The summed E-state index contributed by atoms with van der Waals surface area (Å²) in [6, 6.07) is 14.5. The van der Waals surface area contributed by atoms with E-state index in [1.165, 1.54) is 9.87 Å². The molecule has 0 saturated carbocycles. The van der Waals surface area contributed by atoms with E-state index in [4.69, 9.17) is 0 Å². The van der Waals surface area contributed by atoms with Crippen LogP contribution < -0.4 is 16.1 Å². The summed E-state index contributed by atoms with van der Waals surface area (Å²) >= 11 is 0. The van der Waals surface area contributed by atoms with Gasteiger partial charge in [0.05, 0.1) is 4.90 Å². The zero-order valence-electron chi connectivity index (χ0n) is 20.2. The Bertz CT molecular complexity index is 1630. The molecule has 2 N–H and O–H groups in total. The number of piperazine rings is 1. The number of nitrogens with zero attached hydrogens (tertiary/aromatic N) is 4. The van der Waals surface area contributed by atoms with E-state index in [-0.39, 0.29) is 16.1 Å². The Morgan fingerprint density at radius 3 is 2.31 bits per heavy atom. The first-order valence-corrected chi connectivity index (χ1v) is 13.4. The van der Waals surface area contributed by atoms with Gasteiger partial charge >= 0.3 is 5.69 Å². The van der Waals surface area contributed by atoms with E-state index in [9.17, 15) is 18.0 Å². The van der Waals surface area contributed by atoms with Crippen molar-refractivity contribution in [3.8, 4) is 11.4 Å². The second-order valence-electron chi connectivity index (χ2n) is 8.90. The summed E-state index contributed by atoms with van der Waals surface area (Å²) in [4.78, 5) is 37.2. The van der Waals surface area contributed by atoms with Gasteiger partial charge in [0.2, 0.25) is 10.0 Å². The number of hydrogen-bond donors (Lipinski definition) is 2. The predicted octanol–water partition coefficient (Wildman–Crippen LogP) is 2.31. The lowest BCUT2D eigenvalue weighted by atomic mass is 10.1. The van der Waals surface area contributed by atoms with Gasteiger partial charge in [0.25, 0.3) is 5.56 Å². The first-order chi connectivity index (χ1) is 17.3. The van der Waals surface area contributed by atoms with Crippen molar-refractivity contribution in [3.63, 3.8) is 0 Å². The van der Waals surface area contributed by atoms with Gasteiger partial charge in [0, 0.05) is 44.0 Å². The van der Waals surface area contributed by atoms with Gasteiger partial charge in [-0.25, -0.2) is 18.2 Å². The maximum absolute atomic E-state index is 13.3. The fourth-order valence-electron chi connectivity index (χ4n) is 4.60. The van der Waals surface area contributed by atoms with Crippen LogP contribution in [0.2, 0.25) is 0 Å². The van der Waals surface area contributed by atoms with E-state index in [0.29, 0.717) is 50.5 Å². The highest BCUT2D eigenvalue weighted by Crippen LogP contribution is 2.25. The molecule has 3 heterocycles. The van der Waals surface area contributed by atoms with Gasteiger partial charge < -0.3 is 9.88 Å². The molecule has 0 spiro atoms. The summed E-state index contributed by atoms with van der Waals surface area (Å²) < 4.78 is 29.2. The second-order valence-corrected chi connectivity index (χ2v) is 10.8. The van der Waals surface area contributed by atoms with Crippen LogP contribution in [0.15, 0.2) is 63.0 Å². The SMILES string of the molecule is CCCn1c(=O)[nH]c2nc(-c3ccc(S(=O)(=O)N4CCN(c5ccccc5C)CC4)cc3)[nH]c2c1=O. The summed E-state index contributed by atoms with van der Waals surface area (Å²) in [7, 11) is -3.65. The monoisotopic (exact) mass is 508 g/mol. The number of aromatic nitrogens is 4. The van der Waals surface area contributed by atoms with Gasteiger partial charge in [0.15, 0.2) is 5.65 Å². The molecular weight excluding hydrogens is 480 g/mol. The Morgan fingerprint density at radius 1 is 0.944 bits per heavy atom. The highest BCUT2D eigenvalue weighted by molar-refractivity contribution is 7.89. The van der Waals surface area contributed by atoms with Crippen molar-refractivity contribution in [2.75, 3.05) is 31.1 Å². The topological polar surface area (TPSA) is 124 Å². The van der Waals surface area contributed by atoms with Crippen LogP contribution in [0.1, 0.15) is 18.9 Å². The van der Waals surface area contributed by atoms with Gasteiger partial charge in [-0.1, -0.05) is 25.1 Å². The van der Waals surface area contributed by atoms with Crippen molar-refractivity contribution < 1.29 is 8.42 Å². The van der Waals surface area contributed by atoms with Crippen molar-refractivity contribution in [2.45, 2.75) is 31.7 Å². The molecule has 0 unspecified atom stereocenters. The fraction of sp³-hybridized carbons (Fsp3) is 0.320. The number of aryl methyl sites for hydroxylation is 1. The Balaban J connectivity index is 1.35. The average Bonchev–Trinajstić information content (AvgIpc) is 3.31. The maximum Gasteiger partial charge on any atom is 0.330 e. The minimum absolute atomic E-state index is 0.176. The maximum atomic E-state index is 13.3. The van der Waals surface area contributed by atoms with Gasteiger partial charge in [-0.3, -0.25) is 14.3 Å². The molecule has 0 radical (unpaired) electrons. The number of anilines is 1. The number of benzene rings is 2. The lowest BCUT2D eigenvalue weighted by Gasteiger charge is -2.36. The van der Waals surface area contributed by atoms with Crippen LogP contribution in [0, 0.1) is 6.92 Å². The standard InChI is InChI=1S/C25H28N6O4S/c1-3-12-31-24(32)21-23(28-25(31)33)27-22(26-21)18-8-10-19(11-9-18)36(34,35)30-15-13-29(14-16-30)20-7-5-4-6-17(20)2/h4-11H,3,12-16H2,1-2H3,(H,26,27)(H,28,33). The molecule has 10 nitrogen and oxygen atoms in total. The predicted molar refractivity (Wildman–Crippen MR) is 139 cm³/mol. The summed E-state index contributed by atoms with van der Waals surface area (Å²) in [6.45, 7) is 6.29. The highest BCUT2D eigenvalue weighted by Gasteiger charge is 2.29. The Morgan fingerprint density at radius 2 is 1.64 bits per heavy atom. The first-order valence-electron chi connectivity index (χ1n) is 11.9. The zero-order chi connectivity index (χ0) is 25.4. The summed E-state index contributed by atoms with van der Waals surface area (Å²) in [5.41, 5.74) is 2.36. The molecule has 4 aromatic rings. The average molecular weight is 509 g/mol. The molecule has 5 rings (SSSR count). The molecule has 1 saturated heterocycles. The number of H-pyrrole nitrogens is 2. The molecule has 0 atom stereocenters. The van der Waals surface area contributed by atoms with Gasteiger partial charge in [-0.15, -0.1) is 0 Å². The lowest BCUT2D eigenvalue weighted by molar-refractivity contribution is 0.385. The van der Waals surface area contributed by atoms with Crippen LogP contribution in [0.4, 0.5) is 5.69 Å². The number of fused-ring (bicyclic) bond motifs is 1. The summed E-state index contributed by atoms with van der Waals surface area (Å²) in [6.07, 6.45) is 0.645. The van der Waals surface area contributed by atoms with Crippen LogP contribution in [0.5, 0.6) is 0 Å². The number of hydrogen-bond acceptors (Lipinski definition) is 6. The van der Waals surface area contributed by atoms with E-state index in [2.05, 4.69) is 38.9 Å². The quantitative estimate of drug-likeness (QED) is 0.412. The van der Waals surface area contributed by atoms with Crippen molar-refractivity contribution in [1.82, 2.24) is 23.8 Å². The van der Waals surface area contributed by atoms with Gasteiger partial charge in [0.1, 0.15) is 11.3 Å². The molecule has 0 bridgehead atoms. The second kappa shape index (κ2) is 9.40.